The first-order valence-electron chi connectivity index (χ1n) is 6.96. The summed E-state index contributed by atoms with van der Waals surface area (Å²) in [5.41, 5.74) is 7.06. The number of ether oxygens (including phenoxy) is 1. The van der Waals surface area contributed by atoms with Crippen LogP contribution >= 0.6 is 0 Å². The number of carbonyl (C=O) groups is 1. The molecule has 1 amide bonds. The van der Waals surface area contributed by atoms with Gasteiger partial charge in [0.1, 0.15) is 11.3 Å². The minimum atomic E-state index is -0.869. The molecule has 20 heavy (non-hydrogen) atoms. The van der Waals surface area contributed by atoms with Crippen LogP contribution in [0, 0.1) is 6.92 Å². The second kappa shape index (κ2) is 5.81. The third kappa shape index (κ3) is 2.78. The Balaban J connectivity index is 2.31. The van der Waals surface area contributed by atoms with Gasteiger partial charge in [-0.15, -0.1) is 0 Å². The zero-order valence-electron chi connectivity index (χ0n) is 12.1. The summed E-state index contributed by atoms with van der Waals surface area (Å²) in [7, 11) is 0. The van der Waals surface area contributed by atoms with Crippen LogP contribution in [0.2, 0.25) is 0 Å². The first-order valence-corrected chi connectivity index (χ1v) is 6.96. The van der Waals surface area contributed by atoms with Crippen LogP contribution in [0.15, 0.2) is 18.2 Å². The topological polar surface area (TPSA) is 75.8 Å². The zero-order valence-corrected chi connectivity index (χ0v) is 12.1. The highest BCUT2D eigenvalue weighted by molar-refractivity contribution is 6.00. The molecular formula is C15H22N2O3. The van der Waals surface area contributed by atoms with E-state index in [0.717, 1.165) is 5.56 Å². The Morgan fingerprint density at radius 2 is 2.10 bits per heavy atom. The molecule has 1 aromatic rings. The molecule has 0 atom stereocenters. The van der Waals surface area contributed by atoms with E-state index in [1.165, 1.54) is 0 Å². The minimum Gasteiger partial charge on any atom is -0.508 e. The summed E-state index contributed by atoms with van der Waals surface area (Å²) in [5, 5.41) is 9.65. The van der Waals surface area contributed by atoms with E-state index < -0.39 is 5.54 Å². The molecule has 1 fully saturated rings. The number of nitrogens with zero attached hydrogens (tertiary/aromatic N) is 1. The van der Waals surface area contributed by atoms with Crippen LogP contribution in [-0.4, -0.2) is 36.3 Å². The molecule has 5 nitrogen and oxygen atoms in total. The highest BCUT2D eigenvalue weighted by atomic mass is 16.5. The molecule has 1 heterocycles. The van der Waals surface area contributed by atoms with E-state index in [1.54, 1.807) is 23.1 Å². The highest BCUT2D eigenvalue weighted by Crippen LogP contribution is 2.29. The fourth-order valence-electron chi connectivity index (χ4n) is 2.53. The number of phenolic OH excluding ortho intramolecular Hbond substituents is 1. The molecule has 1 aliphatic rings. The van der Waals surface area contributed by atoms with Crippen LogP contribution in [0.4, 0.5) is 5.69 Å². The maximum absolute atomic E-state index is 12.8. The second-order valence-corrected chi connectivity index (χ2v) is 5.29. The number of hydrogen-bond donors (Lipinski definition) is 2. The lowest BCUT2D eigenvalue weighted by Gasteiger charge is -2.36. The van der Waals surface area contributed by atoms with Crippen LogP contribution in [0.5, 0.6) is 5.75 Å². The molecule has 1 saturated heterocycles. The van der Waals surface area contributed by atoms with Crippen molar-refractivity contribution in [3.05, 3.63) is 23.8 Å². The summed E-state index contributed by atoms with van der Waals surface area (Å²) >= 11 is 0. The normalized spacial score (nSPS) is 17.8. The van der Waals surface area contributed by atoms with E-state index in [0.29, 0.717) is 38.3 Å². The highest BCUT2D eigenvalue weighted by Gasteiger charge is 2.39. The van der Waals surface area contributed by atoms with E-state index in [9.17, 15) is 9.90 Å². The van der Waals surface area contributed by atoms with Gasteiger partial charge in [-0.25, -0.2) is 0 Å². The van der Waals surface area contributed by atoms with Gasteiger partial charge in [-0.2, -0.15) is 0 Å². The van der Waals surface area contributed by atoms with Gasteiger partial charge in [0.25, 0.3) is 0 Å². The van der Waals surface area contributed by atoms with E-state index in [1.807, 2.05) is 13.8 Å². The maximum atomic E-state index is 12.8. The molecule has 0 aromatic heterocycles. The average molecular weight is 278 g/mol. The minimum absolute atomic E-state index is 0.1000. The molecule has 1 aromatic carbocycles. The number of anilines is 1. The van der Waals surface area contributed by atoms with Crippen LogP contribution in [0.3, 0.4) is 0 Å². The van der Waals surface area contributed by atoms with Crippen LogP contribution in [-0.2, 0) is 9.53 Å². The summed E-state index contributed by atoms with van der Waals surface area (Å²) in [5.74, 6) is 0.0481. The lowest BCUT2D eigenvalue weighted by Crippen LogP contribution is -2.58. The van der Waals surface area contributed by atoms with E-state index >= 15 is 0 Å². The average Bonchev–Trinajstić information content (AvgIpc) is 2.44. The van der Waals surface area contributed by atoms with Gasteiger partial charge in [0.2, 0.25) is 5.91 Å². The monoisotopic (exact) mass is 278 g/mol. The lowest BCUT2D eigenvalue weighted by molar-refractivity contribution is -0.127. The van der Waals surface area contributed by atoms with Crippen LogP contribution < -0.4 is 10.6 Å². The van der Waals surface area contributed by atoms with Gasteiger partial charge in [-0.05, 0) is 38.3 Å². The van der Waals surface area contributed by atoms with Crippen molar-refractivity contribution in [2.75, 3.05) is 24.7 Å². The van der Waals surface area contributed by atoms with E-state index in [-0.39, 0.29) is 11.7 Å². The number of carbonyl (C=O) groups excluding carboxylic acids is 1. The fourth-order valence-corrected chi connectivity index (χ4v) is 2.53. The number of aryl methyl sites for hydroxylation is 1. The maximum Gasteiger partial charge on any atom is 0.247 e. The Morgan fingerprint density at radius 3 is 2.70 bits per heavy atom. The largest absolute Gasteiger partial charge is 0.508 e. The molecule has 0 unspecified atom stereocenters. The zero-order chi connectivity index (χ0) is 14.8. The van der Waals surface area contributed by atoms with Gasteiger partial charge in [-0.1, -0.05) is 6.07 Å². The third-order valence-electron chi connectivity index (χ3n) is 3.86. The Bertz CT molecular complexity index is 496. The van der Waals surface area contributed by atoms with Crippen molar-refractivity contribution in [3.63, 3.8) is 0 Å². The number of aromatic hydroxyl groups is 1. The molecule has 0 spiro atoms. The number of phenols is 1. The predicted molar refractivity (Wildman–Crippen MR) is 77.8 cm³/mol. The Hall–Kier alpha value is -1.59. The predicted octanol–water partition coefficient (Wildman–Crippen LogP) is 1.56. The van der Waals surface area contributed by atoms with Crippen molar-refractivity contribution in [1.29, 1.82) is 0 Å². The molecule has 1 aliphatic heterocycles. The van der Waals surface area contributed by atoms with Gasteiger partial charge in [-0.3, -0.25) is 4.79 Å². The summed E-state index contributed by atoms with van der Waals surface area (Å²) in [6, 6.07) is 5.02. The van der Waals surface area contributed by atoms with Crippen molar-refractivity contribution in [2.45, 2.75) is 32.2 Å². The van der Waals surface area contributed by atoms with E-state index in [2.05, 4.69) is 0 Å². The quantitative estimate of drug-likeness (QED) is 0.880. The van der Waals surface area contributed by atoms with Crippen molar-refractivity contribution in [1.82, 2.24) is 0 Å². The first-order chi connectivity index (χ1) is 9.48. The molecule has 0 bridgehead atoms. The summed E-state index contributed by atoms with van der Waals surface area (Å²) in [4.78, 5) is 14.4. The fraction of sp³-hybridized carbons (Fsp3) is 0.533. The standard InChI is InChI=1S/C15H22N2O3/c1-3-17(13-10-12(18)5-4-11(13)2)14(19)15(16)6-8-20-9-7-15/h4-5,10,18H,3,6-9,16H2,1-2H3. The SMILES string of the molecule is CCN(C(=O)C1(N)CCOCC1)c1cc(O)ccc1C. The molecule has 0 radical (unpaired) electrons. The lowest BCUT2D eigenvalue weighted by atomic mass is 9.89. The van der Waals surface area contributed by atoms with Gasteiger partial charge >= 0.3 is 0 Å². The molecular weight excluding hydrogens is 256 g/mol. The number of rotatable bonds is 3. The van der Waals surface area contributed by atoms with E-state index in [4.69, 9.17) is 10.5 Å². The van der Waals surface area contributed by atoms with Crippen molar-refractivity contribution in [3.8, 4) is 5.75 Å². The molecule has 5 heteroatoms. The number of benzene rings is 1. The van der Waals surface area contributed by atoms with Gasteiger partial charge in [0.05, 0.1) is 5.69 Å². The summed E-state index contributed by atoms with van der Waals surface area (Å²) in [6.45, 7) is 5.36. The molecule has 0 saturated carbocycles. The number of nitrogens with two attached hydrogens (primary N) is 1. The Labute approximate surface area is 119 Å². The summed E-state index contributed by atoms with van der Waals surface area (Å²) in [6.07, 6.45) is 1.06. The van der Waals surface area contributed by atoms with Crippen molar-refractivity contribution < 1.29 is 14.6 Å². The number of amides is 1. The van der Waals surface area contributed by atoms with Gasteiger partial charge in [0.15, 0.2) is 0 Å². The molecule has 2 rings (SSSR count). The number of likely N-dealkylation sites (N-methyl/N-ethyl adjacent to an activating group) is 1. The first kappa shape index (κ1) is 14.8. The third-order valence-corrected chi connectivity index (χ3v) is 3.86. The molecule has 110 valence electrons. The van der Waals surface area contributed by atoms with Crippen LogP contribution in [0.1, 0.15) is 25.3 Å². The van der Waals surface area contributed by atoms with Gasteiger partial charge < -0.3 is 20.5 Å². The Morgan fingerprint density at radius 1 is 1.45 bits per heavy atom. The molecule has 3 N–H and O–H groups in total. The second-order valence-electron chi connectivity index (χ2n) is 5.29. The number of hydrogen-bond acceptors (Lipinski definition) is 4. The van der Waals surface area contributed by atoms with Gasteiger partial charge in [0, 0.05) is 25.8 Å². The molecule has 0 aliphatic carbocycles. The summed E-state index contributed by atoms with van der Waals surface area (Å²) < 4.78 is 5.29. The Kier molecular flexibility index (Phi) is 4.30. The smallest absolute Gasteiger partial charge is 0.247 e. The van der Waals surface area contributed by atoms with Crippen LogP contribution in [0.25, 0.3) is 0 Å². The van der Waals surface area contributed by atoms with Crippen molar-refractivity contribution >= 4 is 11.6 Å². The van der Waals surface area contributed by atoms with Crippen molar-refractivity contribution in [2.24, 2.45) is 5.73 Å².